The Morgan fingerprint density at radius 1 is 0.974 bits per heavy atom. The molecule has 38 heavy (non-hydrogen) atoms. The van der Waals surface area contributed by atoms with Crippen molar-refractivity contribution < 1.29 is 14.3 Å². The van der Waals surface area contributed by atoms with E-state index in [1.165, 1.54) is 19.3 Å². The maximum atomic E-state index is 13.4. The van der Waals surface area contributed by atoms with Crippen molar-refractivity contribution in [1.29, 1.82) is 0 Å². The van der Waals surface area contributed by atoms with Crippen molar-refractivity contribution in [3.8, 4) is 5.75 Å². The van der Waals surface area contributed by atoms with Gasteiger partial charge in [-0.05, 0) is 24.6 Å². The Bertz CT molecular complexity index is 1050. The number of unbranched alkanes of at least 4 members (excludes halogenated alkanes) is 4. The monoisotopic (exact) mass is 539 g/mol. The van der Waals surface area contributed by atoms with Gasteiger partial charge >= 0.3 is 0 Å². The lowest BCUT2D eigenvalue weighted by atomic mass is 10.1. The molecule has 0 bridgehead atoms. The summed E-state index contributed by atoms with van der Waals surface area (Å²) in [6, 6.07) is 15.0. The van der Waals surface area contributed by atoms with Gasteiger partial charge in [-0.3, -0.25) is 14.5 Å². The van der Waals surface area contributed by atoms with Crippen molar-refractivity contribution in [1.82, 2.24) is 14.7 Å². The molecule has 3 rings (SSSR count). The van der Waals surface area contributed by atoms with Gasteiger partial charge in [-0.15, -0.1) is 0 Å². The van der Waals surface area contributed by atoms with Crippen LogP contribution >= 0.6 is 11.6 Å². The lowest BCUT2D eigenvalue weighted by Crippen LogP contribution is -2.50. The zero-order valence-corrected chi connectivity index (χ0v) is 23.7. The van der Waals surface area contributed by atoms with Crippen LogP contribution in [-0.2, 0) is 4.79 Å². The first-order valence-corrected chi connectivity index (χ1v) is 14.2. The van der Waals surface area contributed by atoms with Crippen LogP contribution in [0.5, 0.6) is 5.75 Å². The Labute approximate surface area is 233 Å². The maximum Gasteiger partial charge on any atom is 0.255 e. The smallest absolute Gasteiger partial charge is 0.255 e. The number of rotatable bonds is 14. The third-order valence-electron chi connectivity index (χ3n) is 7.06. The summed E-state index contributed by atoms with van der Waals surface area (Å²) >= 11 is 6.36. The van der Waals surface area contributed by atoms with E-state index in [1.807, 2.05) is 58.4 Å². The van der Waals surface area contributed by atoms with Gasteiger partial charge in [-0.1, -0.05) is 86.7 Å². The summed E-state index contributed by atoms with van der Waals surface area (Å²) in [5, 5.41) is 0.457. The fourth-order valence-electron chi connectivity index (χ4n) is 4.71. The highest BCUT2D eigenvalue weighted by molar-refractivity contribution is 6.33. The lowest BCUT2D eigenvalue weighted by molar-refractivity contribution is -0.133. The molecule has 0 aromatic heterocycles. The minimum atomic E-state index is -0.0860. The number of nitrogens with zero attached hydrogens (tertiary/aromatic N) is 3. The van der Waals surface area contributed by atoms with Gasteiger partial charge in [0.05, 0.1) is 17.7 Å². The second kappa shape index (κ2) is 16.2. The standard InChI is InChI=1S/C31H42ClN3O3/c1-3-4-5-6-7-18-30(36)34-23-20-33(21-24-34)22-25-35(31(37)27-15-9-10-16-28(27)32)19-12-14-26-13-8-11-17-29(26)38-2/h8-17H,3-7,18-25H2,1-2H3. The Hall–Kier alpha value is -2.83. The molecule has 0 saturated carbocycles. The van der Waals surface area contributed by atoms with Gasteiger partial charge in [0.2, 0.25) is 5.91 Å². The molecule has 0 spiro atoms. The number of halogens is 1. The predicted molar refractivity (Wildman–Crippen MR) is 156 cm³/mol. The summed E-state index contributed by atoms with van der Waals surface area (Å²) in [6.45, 7) is 7.14. The number of piperazine rings is 1. The molecule has 0 unspecified atom stereocenters. The highest BCUT2D eigenvalue weighted by Gasteiger charge is 2.23. The van der Waals surface area contributed by atoms with E-state index < -0.39 is 0 Å². The minimum absolute atomic E-state index is 0.0860. The van der Waals surface area contributed by atoms with E-state index in [0.717, 1.165) is 56.9 Å². The van der Waals surface area contributed by atoms with E-state index in [2.05, 4.69) is 11.8 Å². The average Bonchev–Trinajstić information content (AvgIpc) is 2.95. The summed E-state index contributed by atoms with van der Waals surface area (Å²) in [5.41, 5.74) is 1.47. The minimum Gasteiger partial charge on any atom is -0.496 e. The van der Waals surface area contributed by atoms with Crippen LogP contribution in [0.1, 0.15) is 61.4 Å². The zero-order chi connectivity index (χ0) is 27.2. The number of hydrogen-bond donors (Lipinski definition) is 0. The molecule has 206 valence electrons. The number of carbonyl (C=O) groups excluding carboxylic acids is 2. The zero-order valence-electron chi connectivity index (χ0n) is 22.9. The van der Waals surface area contributed by atoms with E-state index in [4.69, 9.17) is 16.3 Å². The van der Waals surface area contributed by atoms with Gasteiger partial charge in [0.1, 0.15) is 5.75 Å². The van der Waals surface area contributed by atoms with Crippen LogP contribution in [0.15, 0.2) is 54.6 Å². The molecule has 7 heteroatoms. The van der Waals surface area contributed by atoms with E-state index in [9.17, 15) is 9.59 Å². The average molecular weight is 540 g/mol. The number of methoxy groups -OCH3 is 1. The summed E-state index contributed by atoms with van der Waals surface area (Å²) < 4.78 is 5.44. The summed E-state index contributed by atoms with van der Waals surface area (Å²) in [5.74, 6) is 0.983. The number of ether oxygens (including phenoxy) is 1. The Kier molecular flexibility index (Phi) is 12.7. The fraction of sp³-hybridized carbons (Fsp3) is 0.484. The van der Waals surface area contributed by atoms with Gasteiger partial charge < -0.3 is 14.5 Å². The van der Waals surface area contributed by atoms with Crippen LogP contribution in [0.3, 0.4) is 0 Å². The number of amides is 2. The van der Waals surface area contributed by atoms with Gasteiger partial charge in [0, 0.05) is 57.8 Å². The van der Waals surface area contributed by atoms with Gasteiger partial charge in [-0.2, -0.15) is 0 Å². The molecule has 0 N–H and O–H groups in total. The van der Waals surface area contributed by atoms with Gasteiger partial charge in [-0.25, -0.2) is 0 Å². The SMILES string of the molecule is CCCCCCCC(=O)N1CCN(CCN(CC=Cc2ccccc2OC)C(=O)c2ccccc2Cl)CC1. The first-order chi connectivity index (χ1) is 18.5. The summed E-state index contributed by atoms with van der Waals surface area (Å²) in [7, 11) is 1.65. The first-order valence-electron chi connectivity index (χ1n) is 13.9. The lowest BCUT2D eigenvalue weighted by Gasteiger charge is -2.36. The molecule has 1 heterocycles. The first kappa shape index (κ1) is 29.7. The molecule has 0 radical (unpaired) electrons. The van der Waals surface area contributed by atoms with E-state index >= 15 is 0 Å². The Morgan fingerprint density at radius 3 is 2.42 bits per heavy atom. The fourth-order valence-corrected chi connectivity index (χ4v) is 4.93. The summed E-state index contributed by atoms with van der Waals surface area (Å²) in [4.78, 5) is 32.2. The van der Waals surface area contributed by atoms with Crippen molar-refractivity contribution in [2.45, 2.75) is 45.4 Å². The molecular formula is C31H42ClN3O3. The largest absolute Gasteiger partial charge is 0.496 e. The Morgan fingerprint density at radius 2 is 1.68 bits per heavy atom. The maximum absolute atomic E-state index is 13.4. The third-order valence-corrected chi connectivity index (χ3v) is 7.39. The van der Waals surface area contributed by atoms with Crippen molar-refractivity contribution in [2.75, 3.05) is 52.9 Å². The predicted octanol–water partition coefficient (Wildman–Crippen LogP) is 6.01. The molecule has 0 atom stereocenters. The molecule has 1 aliphatic rings. The molecule has 1 aliphatic heterocycles. The number of carbonyl (C=O) groups is 2. The van der Waals surface area contributed by atoms with Crippen molar-refractivity contribution in [3.63, 3.8) is 0 Å². The highest BCUT2D eigenvalue weighted by atomic mass is 35.5. The van der Waals surface area contributed by atoms with Crippen LogP contribution in [0.2, 0.25) is 5.02 Å². The summed E-state index contributed by atoms with van der Waals surface area (Å²) in [6.07, 6.45) is 10.4. The molecule has 1 saturated heterocycles. The van der Waals surface area contributed by atoms with Crippen LogP contribution < -0.4 is 4.74 Å². The Balaban J connectivity index is 1.55. The molecular weight excluding hydrogens is 498 g/mol. The van der Waals surface area contributed by atoms with Crippen molar-refractivity contribution in [2.24, 2.45) is 0 Å². The molecule has 2 amide bonds. The van der Waals surface area contributed by atoms with E-state index in [-0.39, 0.29) is 11.8 Å². The second-order valence-electron chi connectivity index (χ2n) is 9.76. The van der Waals surface area contributed by atoms with Crippen LogP contribution in [0, 0.1) is 0 Å². The van der Waals surface area contributed by atoms with Gasteiger partial charge in [0.15, 0.2) is 0 Å². The highest BCUT2D eigenvalue weighted by Crippen LogP contribution is 2.20. The van der Waals surface area contributed by atoms with Crippen LogP contribution in [-0.4, -0.2) is 79.4 Å². The van der Waals surface area contributed by atoms with E-state index in [1.54, 1.807) is 19.2 Å². The van der Waals surface area contributed by atoms with Crippen molar-refractivity contribution in [3.05, 3.63) is 70.8 Å². The molecule has 0 aliphatic carbocycles. The third kappa shape index (κ3) is 9.17. The molecule has 1 fully saturated rings. The van der Waals surface area contributed by atoms with Crippen LogP contribution in [0.25, 0.3) is 6.08 Å². The number of hydrogen-bond acceptors (Lipinski definition) is 4. The second-order valence-corrected chi connectivity index (χ2v) is 10.2. The number of para-hydroxylation sites is 1. The quantitative estimate of drug-likeness (QED) is 0.276. The normalized spacial score (nSPS) is 14.1. The van der Waals surface area contributed by atoms with Crippen LogP contribution in [0.4, 0.5) is 0 Å². The molecule has 6 nitrogen and oxygen atoms in total. The topological polar surface area (TPSA) is 53.1 Å². The van der Waals surface area contributed by atoms with E-state index in [0.29, 0.717) is 30.1 Å². The molecule has 2 aromatic carbocycles. The number of benzene rings is 2. The van der Waals surface area contributed by atoms with Crippen molar-refractivity contribution >= 4 is 29.5 Å². The van der Waals surface area contributed by atoms with Gasteiger partial charge in [0.25, 0.3) is 5.91 Å². The molecule has 2 aromatic rings.